The Morgan fingerprint density at radius 1 is 1.28 bits per heavy atom. The molecule has 1 aliphatic heterocycles. The van der Waals surface area contributed by atoms with Crippen molar-refractivity contribution in [2.75, 3.05) is 32.8 Å². The summed E-state index contributed by atoms with van der Waals surface area (Å²) >= 11 is 0. The summed E-state index contributed by atoms with van der Waals surface area (Å²) in [6.45, 7) is 2.67. The second-order valence-electron chi connectivity index (χ2n) is 4.15. The predicted molar refractivity (Wildman–Crippen MR) is 63.7 cm³/mol. The molecule has 0 spiro atoms. The first-order valence-electron chi connectivity index (χ1n) is 5.95. The van der Waals surface area contributed by atoms with Crippen LogP contribution >= 0.6 is 0 Å². The Hall–Kier alpha value is -1.08. The van der Waals surface area contributed by atoms with Crippen molar-refractivity contribution in [2.45, 2.75) is 6.04 Å². The Kier molecular flexibility index (Phi) is 4.60. The summed E-state index contributed by atoms with van der Waals surface area (Å²) in [4.78, 5) is 0. The zero-order valence-corrected chi connectivity index (χ0v) is 10.0. The molecule has 0 amide bonds. The van der Waals surface area contributed by atoms with E-state index < -0.39 is 17.7 Å². The Morgan fingerprint density at radius 3 is 2.44 bits per heavy atom. The zero-order chi connectivity index (χ0) is 13.0. The Morgan fingerprint density at radius 2 is 1.89 bits per heavy atom. The van der Waals surface area contributed by atoms with Crippen LogP contribution in [0.25, 0.3) is 0 Å². The maximum atomic E-state index is 13.7. The molecule has 0 aliphatic carbocycles. The van der Waals surface area contributed by atoms with Gasteiger partial charge in [0.25, 0.3) is 0 Å². The lowest BCUT2D eigenvalue weighted by molar-refractivity contribution is 0.00351. The molecule has 4 nitrogen and oxygen atoms in total. The number of nitrogens with one attached hydrogen (secondary N) is 1. The molecule has 1 aliphatic rings. The van der Waals surface area contributed by atoms with Crippen LogP contribution < -0.4 is 11.2 Å². The van der Waals surface area contributed by atoms with Gasteiger partial charge in [0, 0.05) is 25.2 Å². The van der Waals surface area contributed by atoms with Crippen molar-refractivity contribution < 1.29 is 13.5 Å². The molecular weight excluding hydrogens is 240 g/mol. The SMILES string of the molecule is NCC(NN1CCOCC1)c1c(F)cccc1F. The molecule has 0 radical (unpaired) electrons. The molecule has 3 N–H and O–H groups in total. The third-order valence-corrected chi connectivity index (χ3v) is 2.93. The number of halogens is 2. The van der Waals surface area contributed by atoms with E-state index >= 15 is 0 Å². The standard InChI is InChI=1S/C12H17F2N3O/c13-9-2-1-3-10(14)12(9)11(8-15)16-17-4-6-18-7-5-17/h1-3,11,16H,4-8,15H2. The summed E-state index contributed by atoms with van der Waals surface area (Å²) in [6, 6.07) is 3.25. The smallest absolute Gasteiger partial charge is 0.131 e. The van der Waals surface area contributed by atoms with Gasteiger partial charge in [-0.1, -0.05) is 6.07 Å². The summed E-state index contributed by atoms with van der Waals surface area (Å²) in [5, 5.41) is 1.88. The minimum absolute atomic E-state index is 0.00788. The van der Waals surface area contributed by atoms with E-state index in [1.807, 2.05) is 5.01 Å². The van der Waals surface area contributed by atoms with E-state index in [4.69, 9.17) is 10.5 Å². The second-order valence-corrected chi connectivity index (χ2v) is 4.15. The fourth-order valence-electron chi connectivity index (χ4n) is 1.99. The molecule has 2 rings (SSSR count). The molecule has 1 saturated heterocycles. The van der Waals surface area contributed by atoms with Crippen LogP contribution in [0.4, 0.5) is 8.78 Å². The van der Waals surface area contributed by atoms with Gasteiger partial charge in [-0.15, -0.1) is 0 Å². The van der Waals surface area contributed by atoms with E-state index in [2.05, 4.69) is 5.43 Å². The molecule has 1 atom stereocenters. The van der Waals surface area contributed by atoms with Crippen LogP contribution in [0.15, 0.2) is 18.2 Å². The predicted octanol–water partition coefficient (Wildman–Crippen LogP) is 0.801. The van der Waals surface area contributed by atoms with Gasteiger partial charge < -0.3 is 10.5 Å². The van der Waals surface area contributed by atoms with Crippen molar-refractivity contribution in [3.63, 3.8) is 0 Å². The molecule has 1 unspecified atom stereocenters. The normalized spacial score (nSPS) is 18.8. The van der Waals surface area contributed by atoms with Crippen molar-refractivity contribution in [1.29, 1.82) is 0 Å². The molecule has 0 aromatic heterocycles. The first-order valence-corrected chi connectivity index (χ1v) is 5.95. The molecule has 100 valence electrons. The minimum Gasteiger partial charge on any atom is -0.379 e. The number of nitrogens with two attached hydrogens (primary N) is 1. The van der Waals surface area contributed by atoms with E-state index in [1.54, 1.807) is 0 Å². The van der Waals surface area contributed by atoms with Crippen LogP contribution in [0, 0.1) is 11.6 Å². The van der Waals surface area contributed by atoms with Crippen LogP contribution in [-0.2, 0) is 4.74 Å². The third-order valence-electron chi connectivity index (χ3n) is 2.93. The van der Waals surface area contributed by atoms with Crippen molar-refractivity contribution >= 4 is 0 Å². The highest BCUT2D eigenvalue weighted by Gasteiger charge is 2.21. The number of benzene rings is 1. The topological polar surface area (TPSA) is 50.5 Å². The first-order chi connectivity index (χ1) is 8.72. The van der Waals surface area contributed by atoms with Crippen LogP contribution in [0.5, 0.6) is 0 Å². The molecule has 0 saturated carbocycles. The van der Waals surface area contributed by atoms with Gasteiger partial charge in [-0.3, -0.25) is 0 Å². The number of hydrogen-bond acceptors (Lipinski definition) is 4. The third kappa shape index (κ3) is 3.02. The lowest BCUT2D eigenvalue weighted by Gasteiger charge is -2.31. The molecule has 18 heavy (non-hydrogen) atoms. The van der Waals surface area contributed by atoms with Crippen molar-refractivity contribution in [2.24, 2.45) is 5.73 Å². The van der Waals surface area contributed by atoms with E-state index in [-0.39, 0.29) is 12.1 Å². The van der Waals surface area contributed by atoms with Crippen molar-refractivity contribution in [1.82, 2.24) is 10.4 Å². The molecule has 1 aromatic carbocycles. The van der Waals surface area contributed by atoms with E-state index in [0.29, 0.717) is 26.3 Å². The van der Waals surface area contributed by atoms with Gasteiger partial charge in [-0.05, 0) is 12.1 Å². The largest absolute Gasteiger partial charge is 0.379 e. The Bertz CT molecular complexity index is 377. The quantitative estimate of drug-likeness (QED) is 0.838. The number of hydrazine groups is 1. The summed E-state index contributed by atoms with van der Waals surface area (Å²) in [5.41, 5.74) is 8.65. The fourth-order valence-corrected chi connectivity index (χ4v) is 1.99. The molecule has 1 heterocycles. The Balaban J connectivity index is 2.12. The maximum absolute atomic E-state index is 13.7. The van der Waals surface area contributed by atoms with Crippen molar-refractivity contribution in [3.05, 3.63) is 35.4 Å². The molecule has 0 bridgehead atoms. The van der Waals surface area contributed by atoms with Crippen molar-refractivity contribution in [3.8, 4) is 0 Å². The molecular formula is C12H17F2N3O. The Labute approximate surface area is 105 Å². The van der Waals surface area contributed by atoms with Gasteiger partial charge >= 0.3 is 0 Å². The summed E-state index contributed by atoms with van der Waals surface area (Å²) in [5.74, 6) is -1.16. The van der Waals surface area contributed by atoms with E-state index in [0.717, 1.165) is 0 Å². The van der Waals surface area contributed by atoms with Gasteiger partial charge in [0.1, 0.15) is 11.6 Å². The second kappa shape index (κ2) is 6.19. The van der Waals surface area contributed by atoms with Crippen LogP contribution in [0.1, 0.15) is 11.6 Å². The maximum Gasteiger partial charge on any atom is 0.131 e. The summed E-state index contributed by atoms with van der Waals surface area (Å²) in [6.07, 6.45) is 0. The average molecular weight is 257 g/mol. The monoisotopic (exact) mass is 257 g/mol. The lowest BCUT2D eigenvalue weighted by Crippen LogP contribution is -2.49. The van der Waals surface area contributed by atoms with Crippen LogP contribution in [-0.4, -0.2) is 37.9 Å². The minimum atomic E-state index is -0.578. The highest BCUT2D eigenvalue weighted by molar-refractivity contribution is 5.23. The van der Waals surface area contributed by atoms with Gasteiger partial charge in [0.05, 0.1) is 19.3 Å². The fraction of sp³-hybridized carbons (Fsp3) is 0.500. The highest BCUT2D eigenvalue weighted by atomic mass is 19.1. The highest BCUT2D eigenvalue weighted by Crippen LogP contribution is 2.20. The lowest BCUT2D eigenvalue weighted by atomic mass is 10.1. The number of morpholine rings is 1. The zero-order valence-electron chi connectivity index (χ0n) is 10.0. The average Bonchev–Trinajstić information content (AvgIpc) is 2.38. The van der Waals surface area contributed by atoms with Gasteiger partial charge in [0.2, 0.25) is 0 Å². The van der Waals surface area contributed by atoms with Gasteiger partial charge in [-0.25, -0.2) is 19.2 Å². The summed E-state index contributed by atoms with van der Waals surface area (Å²) < 4.78 is 32.5. The van der Waals surface area contributed by atoms with Crippen LogP contribution in [0.2, 0.25) is 0 Å². The number of hydrogen-bond donors (Lipinski definition) is 2. The van der Waals surface area contributed by atoms with Gasteiger partial charge in [0.15, 0.2) is 0 Å². The van der Waals surface area contributed by atoms with E-state index in [1.165, 1.54) is 18.2 Å². The first kappa shape index (κ1) is 13.4. The number of nitrogens with zero attached hydrogens (tertiary/aromatic N) is 1. The number of rotatable bonds is 4. The summed E-state index contributed by atoms with van der Waals surface area (Å²) in [7, 11) is 0. The molecule has 6 heteroatoms. The molecule has 1 fully saturated rings. The molecule has 1 aromatic rings. The van der Waals surface area contributed by atoms with Crippen LogP contribution in [0.3, 0.4) is 0 Å². The van der Waals surface area contributed by atoms with Gasteiger partial charge in [-0.2, -0.15) is 0 Å². The van der Waals surface area contributed by atoms with E-state index in [9.17, 15) is 8.78 Å². The number of ether oxygens (including phenoxy) is 1.